The van der Waals surface area contributed by atoms with E-state index < -0.39 is 0 Å². The lowest BCUT2D eigenvalue weighted by atomic mass is 9.71. The lowest BCUT2D eigenvalue weighted by molar-refractivity contribution is -0.241. The summed E-state index contributed by atoms with van der Waals surface area (Å²) in [5.41, 5.74) is 0.530. The molecule has 2 heterocycles. The highest BCUT2D eigenvalue weighted by atomic mass is 16.6. The van der Waals surface area contributed by atoms with Crippen LogP contribution in [0.4, 0.5) is 0 Å². The van der Waals surface area contributed by atoms with Gasteiger partial charge in [-0.05, 0) is 24.2 Å². The maximum Gasteiger partial charge on any atom is 0.115 e. The van der Waals surface area contributed by atoms with Crippen molar-refractivity contribution in [2.45, 2.75) is 39.2 Å². The Morgan fingerprint density at radius 3 is 2.38 bits per heavy atom. The van der Waals surface area contributed by atoms with Crippen molar-refractivity contribution >= 4 is 0 Å². The molecule has 0 bridgehead atoms. The highest BCUT2D eigenvalue weighted by Crippen LogP contribution is 2.42. The fourth-order valence-corrected chi connectivity index (χ4v) is 2.30. The molecule has 0 N–H and O–H groups in total. The van der Waals surface area contributed by atoms with Gasteiger partial charge in [-0.25, -0.2) is 0 Å². The first-order chi connectivity index (χ1) is 6.02. The third kappa shape index (κ3) is 1.75. The molecule has 2 saturated heterocycles. The second kappa shape index (κ2) is 2.96. The Morgan fingerprint density at radius 1 is 1.23 bits per heavy atom. The van der Waals surface area contributed by atoms with Crippen molar-refractivity contribution in [3.63, 3.8) is 0 Å². The van der Waals surface area contributed by atoms with Gasteiger partial charge >= 0.3 is 0 Å². The van der Waals surface area contributed by atoms with E-state index in [9.17, 15) is 0 Å². The van der Waals surface area contributed by atoms with E-state index >= 15 is 0 Å². The number of ether oxygens (including phenoxy) is 2. The predicted molar refractivity (Wildman–Crippen MR) is 51.7 cm³/mol. The molecule has 0 aromatic heterocycles. The lowest BCUT2D eigenvalue weighted by Crippen LogP contribution is -2.56. The Kier molecular flexibility index (Phi) is 2.16. The van der Waals surface area contributed by atoms with Crippen molar-refractivity contribution in [3.05, 3.63) is 0 Å². The van der Waals surface area contributed by atoms with E-state index in [0.717, 1.165) is 25.7 Å². The van der Waals surface area contributed by atoms with Crippen molar-refractivity contribution in [1.29, 1.82) is 0 Å². The number of hydrogen-bond donors (Lipinski definition) is 0. The molecule has 0 radical (unpaired) electrons. The van der Waals surface area contributed by atoms with E-state index in [1.54, 1.807) is 0 Å². The van der Waals surface area contributed by atoms with Gasteiger partial charge in [-0.1, -0.05) is 20.8 Å². The molecule has 0 aromatic rings. The molecule has 2 aliphatic heterocycles. The van der Waals surface area contributed by atoms with Gasteiger partial charge in [-0.2, -0.15) is 0 Å². The summed E-state index contributed by atoms with van der Waals surface area (Å²) in [4.78, 5) is 0. The SMILES string of the molecule is CC(C)(C)[C@H]1CCOC2(COC2)C1. The van der Waals surface area contributed by atoms with Gasteiger partial charge in [0.25, 0.3) is 0 Å². The molecule has 0 amide bonds. The molecule has 1 atom stereocenters. The van der Waals surface area contributed by atoms with Gasteiger partial charge in [0.05, 0.1) is 13.2 Å². The maximum absolute atomic E-state index is 5.80. The van der Waals surface area contributed by atoms with E-state index in [1.165, 1.54) is 12.8 Å². The van der Waals surface area contributed by atoms with Crippen molar-refractivity contribution < 1.29 is 9.47 Å². The summed E-state index contributed by atoms with van der Waals surface area (Å²) in [5.74, 6) is 0.796. The lowest BCUT2D eigenvalue weighted by Gasteiger charge is -2.49. The molecule has 1 spiro atoms. The zero-order valence-electron chi connectivity index (χ0n) is 8.93. The molecule has 0 aliphatic carbocycles. The average Bonchev–Trinajstić information content (AvgIpc) is 2.00. The Labute approximate surface area is 80.6 Å². The zero-order valence-corrected chi connectivity index (χ0v) is 8.93. The first-order valence-corrected chi connectivity index (χ1v) is 5.24. The van der Waals surface area contributed by atoms with Crippen molar-refractivity contribution in [2.75, 3.05) is 19.8 Å². The Hall–Kier alpha value is -0.0800. The van der Waals surface area contributed by atoms with E-state index in [1.807, 2.05) is 0 Å². The standard InChI is InChI=1S/C11H20O2/c1-10(2,3)9-4-5-13-11(6-9)7-12-8-11/h9H,4-8H2,1-3H3/t9-/m0/s1. The van der Waals surface area contributed by atoms with Crippen LogP contribution in [0.1, 0.15) is 33.6 Å². The van der Waals surface area contributed by atoms with Gasteiger partial charge in [0.2, 0.25) is 0 Å². The zero-order chi connectivity index (χ0) is 9.53. The Morgan fingerprint density at radius 2 is 1.92 bits per heavy atom. The van der Waals surface area contributed by atoms with Crippen LogP contribution in [0.5, 0.6) is 0 Å². The quantitative estimate of drug-likeness (QED) is 0.574. The molecule has 0 unspecified atom stereocenters. The molecule has 0 saturated carbocycles. The van der Waals surface area contributed by atoms with Crippen LogP contribution >= 0.6 is 0 Å². The van der Waals surface area contributed by atoms with Crippen LogP contribution < -0.4 is 0 Å². The van der Waals surface area contributed by atoms with Gasteiger partial charge in [0, 0.05) is 6.61 Å². The van der Waals surface area contributed by atoms with Crippen LogP contribution in [0.15, 0.2) is 0 Å². The van der Waals surface area contributed by atoms with Crippen LogP contribution in [0.25, 0.3) is 0 Å². The Balaban J connectivity index is 2.00. The highest BCUT2D eigenvalue weighted by molar-refractivity contribution is 4.95. The summed E-state index contributed by atoms with van der Waals surface area (Å²) in [7, 11) is 0. The summed E-state index contributed by atoms with van der Waals surface area (Å²) < 4.78 is 11.1. The molecule has 2 fully saturated rings. The summed E-state index contributed by atoms with van der Waals surface area (Å²) in [6.45, 7) is 9.55. The van der Waals surface area contributed by atoms with Crippen LogP contribution in [0.2, 0.25) is 0 Å². The van der Waals surface area contributed by atoms with Crippen LogP contribution in [-0.4, -0.2) is 25.4 Å². The van der Waals surface area contributed by atoms with Gasteiger partial charge in [-0.3, -0.25) is 0 Å². The van der Waals surface area contributed by atoms with Gasteiger partial charge in [-0.15, -0.1) is 0 Å². The van der Waals surface area contributed by atoms with Crippen LogP contribution in [0, 0.1) is 11.3 Å². The third-order valence-electron chi connectivity index (χ3n) is 3.45. The number of hydrogen-bond acceptors (Lipinski definition) is 2. The second-order valence-electron chi connectivity index (χ2n) is 5.58. The van der Waals surface area contributed by atoms with Gasteiger partial charge < -0.3 is 9.47 Å². The summed E-state index contributed by atoms with van der Waals surface area (Å²) in [6, 6.07) is 0. The third-order valence-corrected chi connectivity index (χ3v) is 3.45. The highest BCUT2D eigenvalue weighted by Gasteiger charge is 2.46. The smallest absolute Gasteiger partial charge is 0.115 e. The molecule has 2 rings (SSSR count). The molecule has 2 nitrogen and oxygen atoms in total. The average molecular weight is 184 g/mol. The first-order valence-electron chi connectivity index (χ1n) is 5.24. The summed E-state index contributed by atoms with van der Waals surface area (Å²) in [6.07, 6.45) is 2.40. The molecule has 13 heavy (non-hydrogen) atoms. The molecular weight excluding hydrogens is 164 g/mol. The normalized spacial score (nSPS) is 33.0. The van der Waals surface area contributed by atoms with Gasteiger partial charge in [0.15, 0.2) is 0 Å². The first kappa shape index (κ1) is 9.47. The summed E-state index contributed by atoms with van der Waals surface area (Å²) in [5, 5.41) is 0. The van der Waals surface area contributed by atoms with E-state index in [2.05, 4.69) is 20.8 Å². The minimum absolute atomic E-state index is 0.107. The molecule has 76 valence electrons. The Bertz CT molecular complexity index is 189. The van der Waals surface area contributed by atoms with Crippen LogP contribution in [-0.2, 0) is 9.47 Å². The number of rotatable bonds is 0. The molecule has 0 aromatic carbocycles. The fourth-order valence-electron chi connectivity index (χ4n) is 2.30. The van der Waals surface area contributed by atoms with E-state index in [0.29, 0.717) is 5.41 Å². The molecule has 2 heteroatoms. The molecular formula is C11H20O2. The minimum Gasteiger partial charge on any atom is -0.375 e. The van der Waals surface area contributed by atoms with Crippen molar-refractivity contribution in [3.8, 4) is 0 Å². The monoisotopic (exact) mass is 184 g/mol. The minimum atomic E-state index is 0.107. The van der Waals surface area contributed by atoms with Crippen LogP contribution in [0.3, 0.4) is 0 Å². The van der Waals surface area contributed by atoms with E-state index in [4.69, 9.17) is 9.47 Å². The van der Waals surface area contributed by atoms with E-state index in [-0.39, 0.29) is 5.60 Å². The maximum atomic E-state index is 5.80. The fraction of sp³-hybridized carbons (Fsp3) is 1.00. The largest absolute Gasteiger partial charge is 0.375 e. The van der Waals surface area contributed by atoms with Gasteiger partial charge in [0.1, 0.15) is 5.60 Å². The summed E-state index contributed by atoms with van der Waals surface area (Å²) >= 11 is 0. The topological polar surface area (TPSA) is 18.5 Å². The van der Waals surface area contributed by atoms with Crippen molar-refractivity contribution in [1.82, 2.24) is 0 Å². The predicted octanol–water partition coefficient (Wildman–Crippen LogP) is 2.23. The second-order valence-corrected chi connectivity index (χ2v) is 5.58. The molecule has 2 aliphatic rings. The van der Waals surface area contributed by atoms with Crippen molar-refractivity contribution in [2.24, 2.45) is 11.3 Å².